The molecule has 2 aromatic carbocycles. The summed E-state index contributed by atoms with van der Waals surface area (Å²) in [4.78, 5) is 25.6. The monoisotopic (exact) mass is 486 g/mol. The summed E-state index contributed by atoms with van der Waals surface area (Å²) in [5, 5.41) is 2.81. The highest BCUT2D eigenvalue weighted by molar-refractivity contribution is 6.03. The highest BCUT2D eigenvalue weighted by Crippen LogP contribution is 2.34. The van der Waals surface area contributed by atoms with Gasteiger partial charge in [0.15, 0.2) is 11.6 Å². The van der Waals surface area contributed by atoms with E-state index in [1.54, 1.807) is 0 Å². The number of ether oxygens (including phenoxy) is 1. The predicted molar refractivity (Wildman–Crippen MR) is 143 cm³/mol. The summed E-state index contributed by atoms with van der Waals surface area (Å²) in [5.41, 5.74) is 11.4. The van der Waals surface area contributed by atoms with Crippen molar-refractivity contribution < 1.29 is 9.53 Å². The van der Waals surface area contributed by atoms with Crippen LogP contribution in [0.3, 0.4) is 0 Å². The standard InChI is InChI=1S/C28H34N6O2/c1-2-3-15-36-28-31-26(29)25-27(32-28)34(19-24(35)30-25)18-20-9-11-22(12-10-20)23-8-6-7-21(16-23)17-33-13-4-5-14-33/h6-12,16H,2-5,13-15,17-19H2,1H3,(H,30,35)(H2,29,31,32). The Balaban J connectivity index is 1.32. The van der Waals surface area contributed by atoms with Gasteiger partial charge < -0.3 is 20.7 Å². The third-order valence-electron chi connectivity index (χ3n) is 6.72. The molecule has 0 bridgehead atoms. The number of likely N-dealkylation sites (tertiary alicyclic amines) is 1. The zero-order chi connectivity index (χ0) is 24.9. The molecule has 8 heteroatoms. The Hall–Kier alpha value is -3.65. The number of aromatic nitrogens is 2. The Bertz CT molecular complexity index is 1210. The van der Waals surface area contributed by atoms with Crippen LogP contribution in [0.4, 0.5) is 17.3 Å². The minimum Gasteiger partial charge on any atom is -0.463 e. The Labute approximate surface area is 212 Å². The van der Waals surface area contributed by atoms with Crippen LogP contribution < -0.4 is 20.7 Å². The van der Waals surface area contributed by atoms with E-state index in [0.717, 1.165) is 24.9 Å². The number of anilines is 3. The largest absolute Gasteiger partial charge is 0.463 e. The molecule has 0 spiro atoms. The summed E-state index contributed by atoms with van der Waals surface area (Å²) in [6.45, 7) is 6.75. The Morgan fingerprint density at radius 3 is 2.58 bits per heavy atom. The minimum atomic E-state index is -0.135. The summed E-state index contributed by atoms with van der Waals surface area (Å²) in [5.74, 6) is 0.671. The second-order valence-corrected chi connectivity index (χ2v) is 9.58. The molecule has 8 nitrogen and oxygen atoms in total. The highest BCUT2D eigenvalue weighted by atomic mass is 16.5. The molecule has 5 rings (SSSR count). The van der Waals surface area contributed by atoms with Gasteiger partial charge in [0.2, 0.25) is 5.91 Å². The van der Waals surface area contributed by atoms with Gasteiger partial charge in [-0.1, -0.05) is 55.8 Å². The Morgan fingerprint density at radius 1 is 1.00 bits per heavy atom. The van der Waals surface area contributed by atoms with E-state index in [-0.39, 0.29) is 24.3 Å². The smallest absolute Gasteiger partial charge is 0.320 e. The van der Waals surface area contributed by atoms with E-state index in [2.05, 4.69) is 75.6 Å². The molecule has 1 fully saturated rings. The van der Waals surface area contributed by atoms with Gasteiger partial charge in [-0.15, -0.1) is 0 Å². The second-order valence-electron chi connectivity index (χ2n) is 9.58. The molecule has 3 heterocycles. The van der Waals surface area contributed by atoms with E-state index in [9.17, 15) is 4.79 Å². The van der Waals surface area contributed by atoms with Gasteiger partial charge in [0.25, 0.3) is 0 Å². The lowest BCUT2D eigenvalue weighted by Gasteiger charge is -2.30. The van der Waals surface area contributed by atoms with Gasteiger partial charge in [0, 0.05) is 13.1 Å². The molecule has 2 aliphatic heterocycles. The summed E-state index contributed by atoms with van der Waals surface area (Å²) in [7, 11) is 0. The molecule has 0 atom stereocenters. The fourth-order valence-corrected chi connectivity index (χ4v) is 4.80. The van der Waals surface area contributed by atoms with Crippen LogP contribution >= 0.6 is 0 Å². The number of fused-ring (bicyclic) bond motifs is 1. The fraction of sp³-hybridized carbons (Fsp3) is 0.393. The summed E-state index contributed by atoms with van der Waals surface area (Å²) >= 11 is 0. The molecular weight excluding hydrogens is 452 g/mol. The topological polar surface area (TPSA) is 96.6 Å². The first-order chi connectivity index (χ1) is 17.6. The number of nitrogens with one attached hydrogen (secondary N) is 1. The van der Waals surface area contributed by atoms with E-state index in [4.69, 9.17) is 10.5 Å². The van der Waals surface area contributed by atoms with Crippen molar-refractivity contribution in [3.8, 4) is 17.1 Å². The van der Waals surface area contributed by atoms with E-state index in [1.165, 1.54) is 42.6 Å². The molecule has 3 aromatic rings. The number of nitrogen functional groups attached to an aromatic ring is 1. The van der Waals surface area contributed by atoms with Crippen molar-refractivity contribution in [2.75, 3.05) is 42.2 Å². The van der Waals surface area contributed by atoms with E-state index in [0.29, 0.717) is 24.7 Å². The number of nitrogens with two attached hydrogens (primary N) is 1. The molecule has 0 unspecified atom stereocenters. The van der Waals surface area contributed by atoms with Crippen molar-refractivity contribution in [3.05, 3.63) is 59.7 Å². The third kappa shape index (κ3) is 5.60. The van der Waals surface area contributed by atoms with Crippen molar-refractivity contribution in [1.82, 2.24) is 14.9 Å². The van der Waals surface area contributed by atoms with Gasteiger partial charge in [-0.3, -0.25) is 9.69 Å². The molecule has 0 aliphatic carbocycles. The molecule has 36 heavy (non-hydrogen) atoms. The molecule has 1 saturated heterocycles. The van der Waals surface area contributed by atoms with Gasteiger partial charge in [0.05, 0.1) is 13.2 Å². The van der Waals surface area contributed by atoms with Crippen LogP contribution in [0.5, 0.6) is 6.01 Å². The third-order valence-corrected chi connectivity index (χ3v) is 6.72. The van der Waals surface area contributed by atoms with Gasteiger partial charge >= 0.3 is 6.01 Å². The quantitative estimate of drug-likeness (QED) is 0.431. The average Bonchev–Trinajstić information content (AvgIpc) is 3.39. The summed E-state index contributed by atoms with van der Waals surface area (Å²) in [6, 6.07) is 17.5. The lowest BCUT2D eigenvalue weighted by atomic mass is 10.0. The number of nitrogens with zero attached hydrogens (tertiary/aromatic N) is 4. The van der Waals surface area contributed by atoms with Crippen molar-refractivity contribution >= 4 is 23.2 Å². The molecule has 0 radical (unpaired) electrons. The minimum absolute atomic E-state index is 0.135. The van der Waals surface area contributed by atoms with Crippen molar-refractivity contribution in [1.29, 1.82) is 0 Å². The first-order valence-electron chi connectivity index (χ1n) is 12.8. The first-order valence-corrected chi connectivity index (χ1v) is 12.8. The normalized spacial score (nSPS) is 15.6. The van der Waals surface area contributed by atoms with E-state index in [1.807, 2.05) is 4.90 Å². The zero-order valence-electron chi connectivity index (χ0n) is 20.9. The van der Waals surface area contributed by atoms with Gasteiger partial charge in [0.1, 0.15) is 5.69 Å². The maximum Gasteiger partial charge on any atom is 0.320 e. The molecule has 188 valence electrons. The molecule has 3 N–H and O–H groups in total. The van der Waals surface area contributed by atoms with E-state index < -0.39 is 0 Å². The number of hydrogen-bond donors (Lipinski definition) is 2. The van der Waals surface area contributed by atoms with Crippen LogP contribution in [0.2, 0.25) is 0 Å². The van der Waals surface area contributed by atoms with Crippen molar-refractivity contribution in [2.45, 2.75) is 45.7 Å². The maximum atomic E-state index is 12.4. The molecule has 1 aromatic heterocycles. The molecular formula is C28H34N6O2. The predicted octanol–water partition coefficient (Wildman–Crippen LogP) is 4.46. The average molecular weight is 487 g/mol. The summed E-state index contributed by atoms with van der Waals surface area (Å²) < 4.78 is 5.69. The molecule has 0 saturated carbocycles. The SMILES string of the molecule is CCCCOc1nc(N)c2c(n1)N(Cc1ccc(-c3cccc(CN4CCCC4)c3)cc1)CC(=O)N2. The second kappa shape index (κ2) is 11.0. The molecule has 2 aliphatic rings. The van der Waals surface area contributed by atoms with Gasteiger partial charge in [-0.2, -0.15) is 9.97 Å². The number of benzene rings is 2. The molecule has 1 amide bonds. The van der Waals surface area contributed by atoms with Crippen LogP contribution in [0.15, 0.2) is 48.5 Å². The maximum absolute atomic E-state index is 12.4. The number of carbonyl (C=O) groups is 1. The number of unbranched alkanes of at least 4 members (excludes halogenated alkanes) is 1. The summed E-state index contributed by atoms with van der Waals surface area (Å²) in [6.07, 6.45) is 4.53. The Morgan fingerprint density at radius 2 is 1.81 bits per heavy atom. The van der Waals surface area contributed by atoms with Crippen LogP contribution in [0.25, 0.3) is 11.1 Å². The number of rotatable bonds is 9. The zero-order valence-corrected chi connectivity index (χ0v) is 20.9. The van der Waals surface area contributed by atoms with Crippen molar-refractivity contribution in [2.24, 2.45) is 0 Å². The van der Waals surface area contributed by atoms with Crippen LogP contribution in [-0.2, 0) is 17.9 Å². The first kappa shape index (κ1) is 24.1. The number of carbonyl (C=O) groups excluding carboxylic acids is 1. The van der Waals surface area contributed by atoms with Gasteiger partial charge in [-0.25, -0.2) is 0 Å². The number of amides is 1. The van der Waals surface area contributed by atoms with Crippen LogP contribution in [-0.4, -0.2) is 47.0 Å². The highest BCUT2D eigenvalue weighted by Gasteiger charge is 2.27. The van der Waals surface area contributed by atoms with Crippen molar-refractivity contribution in [3.63, 3.8) is 0 Å². The number of hydrogen-bond acceptors (Lipinski definition) is 7. The van der Waals surface area contributed by atoms with E-state index >= 15 is 0 Å². The van der Waals surface area contributed by atoms with Crippen LogP contribution in [0.1, 0.15) is 43.7 Å². The van der Waals surface area contributed by atoms with Crippen LogP contribution in [0, 0.1) is 0 Å². The fourth-order valence-electron chi connectivity index (χ4n) is 4.80. The van der Waals surface area contributed by atoms with Gasteiger partial charge in [-0.05, 0) is 60.7 Å². The lowest BCUT2D eigenvalue weighted by molar-refractivity contribution is -0.115. The lowest BCUT2D eigenvalue weighted by Crippen LogP contribution is -2.39. The Kier molecular flexibility index (Phi) is 7.32.